The zero-order valence-corrected chi connectivity index (χ0v) is 10.8. The van der Waals surface area contributed by atoms with Gasteiger partial charge in [0.05, 0.1) is 25.6 Å². The second-order valence-electron chi connectivity index (χ2n) is 6.44. The average molecular weight is 237 g/mol. The molecule has 2 heterocycles. The summed E-state index contributed by atoms with van der Waals surface area (Å²) < 4.78 is 11.0. The minimum Gasteiger partial charge on any atom is -0.498 e. The Hall–Kier alpha value is -0.540. The van der Waals surface area contributed by atoms with Crippen molar-refractivity contribution >= 4 is 0 Å². The number of hydrogen-bond acceptors (Lipinski definition) is 3. The Labute approximate surface area is 104 Å². The Morgan fingerprint density at radius 1 is 1.35 bits per heavy atom. The van der Waals surface area contributed by atoms with E-state index in [9.17, 15) is 0 Å². The van der Waals surface area contributed by atoms with Crippen LogP contribution in [-0.2, 0) is 9.47 Å². The van der Waals surface area contributed by atoms with E-state index in [1.807, 2.05) is 6.92 Å². The molecule has 0 aromatic rings. The van der Waals surface area contributed by atoms with Gasteiger partial charge in [0.25, 0.3) is 0 Å². The third-order valence-corrected chi connectivity index (χ3v) is 4.47. The van der Waals surface area contributed by atoms with Crippen LogP contribution in [0, 0.1) is 10.8 Å². The Morgan fingerprint density at radius 3 is 2.59 bits per heavy atom. The van der Waals surface area contributed by atoms with Crippen molar-refractivity contribution < 1.29 is 9.47 Å². The van der Waals surface area contributed by atoms with E-state index >= 15 is 0 Å². The second kappa shape index (κ2) is 3.99. The quantitative estimate of drug-likeness (QED) is 0.683. The van der Waals surface area contributed by atoms with Crippen LogP contribution in [0.5, 0.6) is 0 Å². The van der Waals surface area contributed by atoms with Crippen LogP contribution >= 0.6 is 0 Å². The predicted octanol–water partition coefficient (Wildman–Crippen LogP) is 2.04. The Morgan fingerprint density at radius 2 is 2.12 bits per heavy atom. The van der Waals surface area contributed by atoms with Gasteiger partial charge in [0.15, 0.2) is 0 Å². The van der Waals surface area contributed by atoms with Gasteiger partial charge in [0.2, 0.25) is 0 Å². The van der Waals surface area contributed by atoms with Gasteiger partial charge in [0.1, 0.15) is 0 Å². The van der Waals surface area contributed by atoms with Crippen molar-refractivity contribution in [3.63, 3.8) is 0 Å². The summed E-state index contributed by atoms with van der Waals surface area (Å²) in [4.78, 5) is 2.62. The lowest BCUT2D eigenvalue weighted by Crippen LogP contribution is -2.45. The molecule has 3 aliphatic rings. The van der Waals surface area contributed by atoms with Crippen molar-refractivity contribution in [1.29, 1.82) is 0 Å². The molecule has 3 heteroatoms. The molecule has 0 atom stereocenters. The molecule has 3 nitrogen and oxygen atoms in total. The molecule has 0 unspecified atom stereocenters. The first kappa shape index (κ1) is 11.5. The van der Waals surface area contributed by atoms with Gasteiger partial charge in [0, 0.05) is 23.9 Å². The van der Waals surface area contributed by atoms with Crippen molar-refractivity contribution in [2.75, 3.05) is 39.5 Å². The number of likely N-dealkylation sites (tertiary alicyclic amines) is 1. The van der Waals surface area contributed by atoms with Crippen molar-refractivity contribution in [2.24, 2.45) is 10.8 Å². The molecule has 0 aromatic heterocycles. The second-order valence-corrected chi connectivity index (χ2v) is 6.44. The minimum absolute atomic E-state index is 0.440. The van der Waals surface area contributed by atoms with E-state index in [0.717, 1.165) is 25.6 Å². The number of ether oxygens (including phenoxy) is 2. The van der Waals surface area contributed by atoms with Crippen LogP contribution in [0.4, 0.5) is 0 Å². The zero-order valence-electron chi connectivity index (χ0n) is 10.8. The average Bonchev–Trinajstić information content (AvgIpc) is 2.84. The van der Waals surface area contributed by atoms with Crippen LogP contribution in [0.3, 0.4) is 0 Å². The summed E-state index contributed by atoms with van der Waals surface area (Å²) in [5.41, 5.74) is 0.959. The highest BCUT2D eigenvalue weighted by atomic mass is 16.5. The molecule has 0 amide bonds. The highest BCUT2D eigenvalue weighted by Crippen LogP contribution is 2.48. The molecule has 1 saturated carbocycles. The van der Waals surface area contributed by atoms with Crippen LogP contribution in [-0.4, -0.2) is 44.4 Å². The number of rotatable bonds is 5. The number of nitrogens with zero attached hydrogens (tertiary/aromatic N) is 1. The van der Waals surface area contributed by atoms with Crippen molar-refractivity contribution in [3.8, 4) is 0 Å². The fourth-order valence-electron chi connectivity index (χ4n) is 3.06. The Bertz CT molecular complexity index is 318. The van der Waals surface area contributed by atoms with Crippen molar-refractivity contribution in [3.05, 3.63) is 12.3 Å². The first-order chi connectivity index (χ1) is 8.12. The monoisotopic (exact) mass is 237 g/mol. The van der Waals surface area contributed by atoms with Crippen LogP contribution in [0.25, 0.3) is 0 Å². The van der Waals surface area contributed by atoms with Crippen LogP contribution in [0.2, 0.25) is 0 Å². The van der Waals surface area contributed by atoms with Crippen molar-refractivity contribution in [1.82, 2.24) is 4.90 Å². The molecule has 1 spiro atoms. The number of allylic oxidation sites excluding steroid dienone is 1. The van der Waals surface area contributed by atoms with E-state index in [1.165, 1.54) is 38.9 Å². The summed E-state index contributed by atoms with van der Waals surface area (Å²) >= 11 is 0. The first-order valence-corrected chi connectivity index (χ1v) is 6.70. The summed E-state index contributed by atoms with van der Waals surface area (Å²) in [6.45, 7) is 12.3. The molecule has 0 radical (unpaired) electrons. The summed E-state index contributed by atoms with van der Waals surface area (Å²) in [7, 11) is 0. The summed E-state index contributed by atoms with van der Waals surface area (Å²) in [6, 6.07) is 0. The van der Waals surface area contributed by atoms with Gasteiger partial charge in [-0.05, 0) is 32.7 Å². The van der Waals surface area contributed by atoms with E-state index in [1.54, 1.807) is 0 Å². The largest absolute Gasteiger partial charge is 0.498 e. The summed E-state index contributed by atoms with van der Waals surface area (Å²) in [6.07, 6.45) is 3.96. The van der Waals surface area contributed by atoms with E-state index < -0.39 is 0 Å². The molecule has 0 N–H and O–H groups in total. The van der Waals surface area contributed by atoms with Gasteiger partial charge in [-0.3, -0.25) is 0 Å². The van der Waals surface area contributed by atoms with E-state index in [4.69, 9.17) is 9.47 Å². The number of hydrogen-bond donors (Lipinski definition) is 0. The molecule has 1 aliphatic carbocycles. The maximum Gasteiger partial charge on any atom is 0.0945 e. The Balaban J connectivity index is 1.48. The molecular weight excluding hydrogens is 214 g/mol. The van der Waals surface area contributed by atoms with Gasteiger partial charge in [-0.15, -0.1) is 0 Å². The highest BCUT2D eigenvalue weighted by molar-refractivity contribution is 5.01. The van der Waals surface area contributed by atoms with Gasteiger partial charge < -0.3 is 14.4 Å². The standard InChI is InChI=1S/C14H23NO2/c1-12(2)17-11-13(3-4-13)7-15-6-5-14(8-15)9-16-10-14/h1,3-11H2,2H3. The van der Waals surface area contributed by atoms with Gasteiger partial charge >= 0.3 is 0 Å². The molecule has 2 aliphatic heterocycles. The van der Waals surface area contributed by atoms with E-state index in [0.29, 0.717) is 10.8 Å². The van der Waals surface area contributed by atoms with Crippen molar-refractivity contribution in [2.45, 2.75) is 26.2 Å². The maximum absolute atomic E-state index is 5.63. The Kier molecular flexibility index (Phi) is 2.71. The molecule has 96 valence electrons. The molecular formula is C14H23NO2. The van der Waals surface area contributed by atoms with Crippen LogP contribution in [0.1, 0.15) is 26.2 Å². The lowest BCUT2D eigenvalue weighted by atomic mass is 9.85. The fraction of sp³-hybridized carbons (Fsp3) is 0.857. The van der Waals surface area contributed by atoms with Gasteiger partial charge in [-0.1, -0.05) is 6.58 Å². The molecule has 0 aromatic carbocycles. The first-order valence-electron chi connectivity index (χ1n) is 6.70. The maximum atomic E-state index is 5.63. The molecule has 17 heavy (non-hydrogen) atoms. The molecule has 3 rings (SSSR count). The zero-order chi connectivity index (χ0) is 11.9. The molecule has 3 fully saturated rings. The molecule has 0 bridgehead atoms. The van der Waals surface area contributed by atoms with E-state index in [-0.39, 0.29) is 0 Å². The fourth-order valence-corrected chi connectivity index (χ4v) is 3.06. The van der Waals surface area contributed by atoms with Crippen LogP contribution in [0.15, 0.2) is 12.3 Å². The SMILES string of the molecule is C=C(C)OCC1(CN2CCC3(COC3)C2)CC1. The normalized spacial score (nSPS) is 29.0. The highest BCUT2D eigenvalue weighted by Gasteiger charge is 2.49. The van der Waals surface area contributed by atoms with Gasteiger partial charge in [-0.2, -0.15) is 0 Å². The minimum atomic E-state index is 0.440. The summed E-state index contributed by atoms with van der Waals surface area (Å²) in [5, 5.41) is 0. The molecule has 2 saturated heterocycles. The topological polar surface area (TPSA) is 21.7 Å². The van der Waals surface area contributed by atoms with E-state index in [2.05, 4.69) is 11.5 Å². The predicted molar refractivity (Wildman–Crippen MR) is 66.7 cm³/mol. The lowest BCUT2D eigenvalue weighted by molar-refractivity contribution is -0.105. The van der Waals surface area contributed by atoms with Gasteiger partial charge in [-0.25, -0.2) is 0 Å². The third-order valence-electron chi connectivity index (χ3n) is 4.47. The third kappa shape index (κ3) is 2.36. The van der Waals surface area contributed by atoms with Crippen LogP contribution < -0.4 is 0 Å². The lowest BCUT2D eigenvalue weighted by Gasteiger charge is -2.38. The summed E-state index contributed by atoms with van der Waals surface area (Å²) in [5.74, 6) is 0.849. The smallest absolute Gasteiger partial charge is 0.0945 e.